The first-order valence-corrected chi connectivity index (χ1v) is 10.6. The molecular formula is C23H25N3O4. The first kappa shape index (κ1) is 18.9. The summed E-state index contributed by atoms with van der Waals surface area (Å²) in [6.07, 6.45) is 6.28. The van der Waals surface area contributed by atoms with Crippen LogP contribution in [0.25, 0.3) is 11.0 Å². The number of nitrogens with zero attached hydrogens (tertiary/aromatic N) is 2. The van der Waals surface area contributed by atoms with Gasteiger partial charge >= 0.3 is 0 Å². The van der Waals surface area contributed by atoms with Crippen LogP contribution < -0.4 is 15.6 Å². The summed E-state index contributed by atoms with van der Waals surface area (Å²) in [6.45, 7) is 0. The van der Waals surface area contributed by atoms with Crippen LogP contribution in [0.2, 0.25) is 0 Å². The van der Waals surface area contributed by atoms with Gasteiger partial charge in [0.05, 0.1) is 18.8 Å². The molecule has 0 spiro atoms. The summed E-state index contributed by atoms with van der Waals surface area (Å²) < 4.78 is 12.7. The second kappa shape index (κ2) is 7.63. The first-order valence-electron chi connectivity index (χ1n) is 10.6. The Morgan fingerprint density at radius 2 is 2.03 bits per heavy atom. The summed E-state index contributed by atoms with van der Waals surface area (Å²) in [4.78, 5) is 25.2. The van der Waals surface area contributed by atoms with Gasteiger partial charge in [0, 0.05) is 17.5 Å². The van der Waals surface area contributed by atoms with Gasteiger partial charge in [-0.05, 0) is 62.6 Å². The smallest absolute Gasteiger partial charge is 0.287 e. The van der Waals surface area contributed by atoms with Crippen molar-refractivity contribution in [3.05, 3.63) is 57.7 Å². The van der Waals surface area contributed by atoms with E-state index in [-0.39, 0.29) is 29.3 Å². The molecule has 156 valence electrons. The van der Waals surface area contributed by atoms with Gasteiger partial charge in [-0.1, -0.05) is 12.1 Å². The highest BCUT2D eigenvalue weighted by atomic mass is 16.5. The lowest BCUT2D eigenvalue weighted by molar-refractivity contribution is 0.0895. The van der Waals surface area contributed by atoms with Crippen LogP contribution in [0.3, 0.4) is 0 Å². The number of ether oxygens (including phenoxy) is 1. The van der Waals surface area contributed by atoms with E-state index in [9.17, 15) is 9.59 Å². The number of fused-ring (bicyclic) bond motifs is 2. The molecule has 0 radical (unpaired) electrons. The zero-order chi connectivity index (χ0) is 20.7. The minimum absolute atomic E-state index is 0.000594. The number of carbonyl (C=O) groups excluding carboxylic acids is 1. The van der Waals surface area contributed by atoms with Crippen LogP contribution in [-0.2, 0) is 12.8 Å². The Bertz CT molecular complexity index is 1150. The Balaban J connectivity index is 1.24. The Morgan fingerprint density at radius 3 is 2.83 bits per heavy atom. The molecule has 7 heteroatoms. The van der Waals surface area contributed by atoms with E-state index in [1.807, 2.05) is 18.2 Å². The molecule has 5 rings (SSSR count). The summed E-state index contributed by atoms with van der Waals surface area (Å²) in [6, 6.07) is 9.25. The number of hydrogen-bond acceptors (Lipinski definition) is 5. The van der Waals surface area contributed by atoms with Crippen molar-refractivity contribution >= 4 is 16.9 Å². The molecule has 0 saturated heterocycles. The predicted molar refractivity (Wildman–Crippen MR) is 112 cm³/mol. The van der Waals surface area contributed by atoms with Crippen LogP contribution in [0.1, 0.15) is 60.0 Å². The van der Waals surface area contributed by atoms with Gasteiger partial charge in [0.2, 0.25) is 0 Å². The summed E-state index contributed by atoms with van der Waals surface area (Å²) in [5.41, 5.74) is 2.76. The molecule has 0 unspecified atom stereocenters. The lowest BCUT2D eigenvalue weighted by atomic mass is 9.91. The van der Waals surface area contributed by atoms with E-state index < -0.39 is 0 Å². The highest BCUT2D eigenvalue weighted by Crippen LogP contribution is 2.30. The van der Waals surface area contributed by atoms with Crippen molar-refractivity contribution in [3.63, 3.8) is 0 Å². The number of amides is 1. The minimum Gasteiger partial charge on any atom is -0.493 e. The van der Waals surface area contributed by atoms with E-state index >= 15 is 0 Å². The van der Waals surface area contributed by atoms with Crippen LogP contribution in [0.5, 0.6) is 5.75 Å². The summed E-state index contributed by atoms with van der Waals surface area (Å²) in [5, 5.41) is 8.56. The third kappa shape index (κ3) is 3.38. The quantitative estimate of drug-likeness (QED) is 0.716. The molecule has 1 aromatic carbocycles. The molecular weight excluding hydrogens is 382 g/mol. The predicted octanol–water partition coefficient (Wildman–Crippen LogP) is 3.40. The van der Waals surface area contributed by atoms with Gasteiger partial charge in [-0.2, -0.15) is 5.10 Å². The number of nitrogens with one attached hydrogen (secondary N) is 1. The average Bonchev–Trinajstić information content (AvgIpc) is 3.40. The number of aromatic nitrogens is 2. The first-order chi connectivity index (χ1) is 14.6. The molecule has 1 amide bonds. The van der Waals surface area contributed by atoms with Gasteiger partial charge in [-0.15, -0.1) is 0 Å². The normalized spacial score (nSPS) is 20.8. The van der Waals surface area contributed by atoms with Gasteiger partial charge in [-0.25, -0.2) is 4.68 Å². The molecule has 3 aromatic rings. The third-order valence-electron chi connectivity index (χ3n) is 6.31. The largest absolute Gasteiger partial charge is 0.493 e. The fourth-order valence-electron chi connectivity index (χ4n) is 4.71. The number of benzene rings is 1. The summed E-state index contributed by atoms with van der Waals surface area (Å²) >= 11 is 0. The fourth-order valence-corrected chi connectivity index (χ4v) is 4.71. The monoisotopic (exact) mass is 407 g/mol. The molecule has 1 N–H and O–H groups in total. The van der Waals surface area contributed by atoms with E-state index in [0.29, 0.717) is 11.3 Å². The number of furan rings is 1. The standard InChI is InChI=1S/C23H25N3O4/c1-29-19-7-3-5-15-12-20(30-22(15)19)23(28)24-16-8-10-17(11-9-16)26-21(27)13-14-4-2-6-18(14)25-26/h3,5,7,12-13,16-17H,2,4,6,8-11H2,1H3,(H,24,28). The van der Waals surface area contributed by atoms with Crippen LogP contribution in [0.4, 0.5) is 0 Å². The van der Waals surface area contributed by atoms with Gasteiger partial charge in [-0.3, -0.25) is 9.59 Å². The SMILES string of the molecule is COc1cccc2cc(C(=O)NC3CCC(n4nc5c(cc4=O)CCC5)CC3)oc12. The Hall–Kier alpha value is -3.09. The molecule has 2 heterocycles. The van der Waals surface area contributed by atoms with Crippen LogP contribution >= 0.6 is 0 Å². The number of aryl methyl sites for hydroxylation is 2. The molecule has 0 atom stereocenters. The van der Waals surface area contributed by atoms with Crippen LogP contribution in [-0.4, -0.2) is 28.8 Å². The molecule has 2 aliphatic carbocycles. The average molecular weight is 407 g/mol. The molecule has 2 aromatic heterocycles. The molecule has 2 aliphatic rings. The molecule has 7 nitrogen and oxygen atoms in total. The van der Waals surface area contributed by atoms with E-state index in [4.69, 9.17) is 9.15 Å². The molecule has 1 saturated carbocycles. The summed E-state index contributed by atoms with van der Waals surface area (Å²) in [5.74, 6) is 0.678. The second-order valence-electron chi connectivity index (χ2n) is 8.22. The topological polar surface area (TPSA) is 86.4 Å². The molecule has 0 aliphatic heterocycles. The zero-order valence-corrected chi connectivity index (χ0v) is 17.0. The van der Waals surface area contributed by atoms with Crippen LogP contribution in [0.15, 0.2) is 39.5 Å². The fraction of sp³-hybridized carbons (Fsp3) is 0.435. The van der Waals surface area contributed by atoms with Crippen molar-refractivity contribution in [2.45, 2.75) is 57.0 Å². The van der Waals surface area contributed by atoms with Gasteiger partial charge in [0.1, 0.15) is 0 Å². The highest BCUT2D eigenvalue weighted by Gasteiger charge is 2.27. The molecule has 1 fully saturated rings. The van der Waals surface area contributed by atoms with Crippen molar-refractivity contribution in [2.75, 3.05) is 7.11 Å². The maximum Gasteiger partial charge on any atom is 0.287 e. The third-order valence-corrected chi connectivity index (χ3v) is 6.31. The maximum absolute atomic E-state index is 12.7. The van der Waals surface area contributed by atoms with Crippen molar-refractivity contribution in [2.24, 2.45) is 0 Å². The Kier molecular flexibility index (Phi) is 4.81. The maximum atomic E-state index is 12.7. The van der Waals surface area contributed by atoms with Crippen molar-refractivity contribution < 1.29 is 13.9 Å². The van der Waals surface area contributed by atoms with Crippen molar-refractivity contribution in [3.8, 4) is 5.75 Å². The number of rotatable bonds is 4. The van der Waals surface area contributed by atoms with Gasteiger partial charge < -0.3 is 14.5 Å². The number of carbonyl (C=O) groups is 1. The second-order valence-corrected chi connectivity index (χ2v) is 8.22. The van der Waals surface area contributed by atoms with E-state index in [0.717, 1.165) is 61.6 Å². The van der Waals surface area contributed by atoms with E-state index in [1.54, 1.807) is 23.9 Å². The lowest BCUT2D eigenvalue weighted by Gasteiger charge is -2.29. The van der Waals surface area contributed by atoms with Crippen molar-refractivity contribution in [1.29, 1.82) is 0 Å². The zero-order valence-electron chi connectivity index (χ0n) is 17.0. The summed E-state index contributed by atoms with van der Waals surface area (Å²) in [7, 11) is 1.58. The van der Waals surface area contributed by atoms with E-state index in [1.165, 1.54) is 0 Å². The number of hydrogen-bond donors (Lipinski definition) is 1. The van der Waals surface area contributed by atoms with Gasteiger partial charge in [0.25, 0.3) is 11.5 Å². The van der Waals surface area contributed by atoms with Crippen molar-refractivity contribution in [1.82, 2.24) is 15.1 Å². The Morgan fingerprint density at radius 1 is 1.20 bits per heavy atom. The number of para-hydroxylation sites is 1. The number of methoxy groups -OCH3 is 1. The Labute approximate surface area is 174 Å². The lowest BCUT2D eigenvalue weighted by Crippen LogP contribution is -2.39. The van der Waals surface area contributed by atoms with Gasteiger partial charge in [0.15, 0.2) is 17.1 Å². The highest BCUT2D eigenvalue weighted by molar-refractivity contribution is 5.97. The van der Waals surface area contributed by atoms with E-state index in [2.05, 4.69) is 10.4 Å². The minimum atomic E-state index is -0.218. The van der Waals surface area contributed by atoms with Crippen LogP contribution in [0, 0.1) is 0 Å². The molecule has 0 bridgehead atoms. The molecule has 30 heavy (non-hydrogen) atoms.